The Morgan fingerprint density at radius 3 is 2.65 bits per heavy atom. The molecule has 1 fully saturated rings. The van der Waals surface area contributed by atoms with Crippen molar-refractivity contribution in [2.24, 2.45) is 5.92 Å². The van der Waals surface area contributed by atoms with Gasteiger partial charge in [0.2, 0.25) is 5.91 Å². The van der Waals surface area contributed by atoms with Crippen molar-refractivity contribution in [2.45, 2.75) is 43.1 Å². The zero-order valence-electron chi connectivity index (χ0n) is 13.2. The van der Waals surface area contributed by atoms with Crippen LogP contribution in [0.3, 0.4) is 0 Å². The highest BCUT2D eigenvalue weighted by Gasteiger charge is 2.32. The molecule has 1 aliphatic rings. The van der Waals surface area contributed by atoms with Crippen LogP contribution in [0.2, 0.25) is 0 Å². The molecule has 1 amide bonds. The first kappa shape index (κ1) is 15.9. The predicted octanol–water partition coefficient (Wildman–Crippen LogP) is 2.66. The number of thioether (sulfide) groups is 1. The molecule has 1 unspecified atom stereocenters. The average Bonchev–Trinajstić information content (AvgIpc) is 3.29. The minimum Gasteiger partial charge on any atom is -0.325 e. The number of amides is 1. The van der Waals surface area contributed by atoms with Crippen LogP contribution in [-0.2, 0) is 4.79 Å². The van der Waals surface area contributed by atoms with Gasteiger partial charge in [0.05, 0.1) is 5.25 Å². The molecule has 7 heteroatoms. The molecule has 122 valence electrons. The van der Waals surface area contributed by atoms with Crippen LogP contribution in [0.1, 0.15) is 32.7 Å². The van der Waals surface area contributed by atoms with E-state index in [1.807, 2.05) is 44.2 Å². The Bertz CT molecular complexity index is 734. The summed E-state index contributed by atoms with van der Waals surface area (Å²) in [5.74, 6) is 0.0390. The highest BCUT2D eigenvalue weighted by molar-refractivity contribution is 8.00. The second-order valence-electron chi connectivity index (χ2n) is 6.05. The second kappa shape index (κ2) is 6.62. The van der Waals surface area contributed by atoms with Gasteiger partial charge in [-0.3, -0.25) is 9.36 Å². The summed E-state index contributed by atoms with van der Waals surface area (Å²) >= 11 is 1.35. The zero-order chi connectivity index (χ0) is 16.4. The lowest BCUT2D eigenvalue weighted by Gasteiger charge is -2.19. The van der Waals surface area contributed by atoms with E-state index < -0.39 is 0 Å². The van der Waals surface area contributed by atoms with Crippen molar-refractivity contribution in [1.82, 2.24) is 14.8 Å². The molecule has 0 radical (unpaired) electrons. The van der Waals surface area contributed by atoms with Crippen molar-refractivity contribution in [2.75, 3.05) is 5.32 Å². The number of anilines is 1. The Morgan fingerprint density at radius 1 is 1.35 bits per heavy atom. The Hall–Kier alpha value is -2.02. The Labute approximate surface area is 138 Å². The van der Waals surface area contributed by atoms with Gasteiger partial charge in [0, 0.05) is 11.7 Å². The van der Waals surface area contributed by atoms with Crippen LogP contribution in [0.15, 0.2) is 40.3 Å². The smallest absolute Gasteiger partial charge is 0.325 e. The van der Waals surface area contributed by atoms with Gasteiger partial charge < -0.3 is 5.32 Å². The molecule has 1 aromatic carbocycles. The fraction of sp³-hybridized carbons (Fsp3) is 0.438. The van der Waals surface area contributed by atoms with Crippen molar-refractivity contribution in [3.63, 3.8) is 0 Å². The van der Waals surface area contributed by atoms with E-state index >= 15 is 0 Å². The Morgan fingerprint density at radius 2 is 2.04 bits per heavy atom. The van der Waals surface area contributed by atoms with Gasteiger partial charge in [-0.25, -0.2) is 9.89 Å². The number of carbonyl (C=O) groups excluding carboxylic acids is 1. The number of hydrogen-bond acceptors (Lipinski definition) is 4. The summed E-state index contributed by atoms with van der Waals surface area (Å²) in [6.07, 6.45) is 1.99. The van der Waals surface area contributed by atoms with Crippen molar-refractivity contribution in [3.8, 4) is 0 Å². The highest BCUT2D eigenvalue weighted by atomic mass is 32.2. The van der Waals surface area contributed by atoms with Crippen LogP contribution in [0, 0.1) is 5.92 Å². The minimum atomic E-state index is -0.317. The standard InChI is InChI=1S/C16H20N4O2S/c1-10(2)13(14(21)17-11-6-4-3-5-7-11)23-16-19-18-15(22)20(16)12-8-9-12/h3-7,10,12-13H,8-9H2,1-2H3,(H,17,21)(H,18,22). The molecule has 2 aromatic rings. The van der Waals surface area contributed by atoms with Crippen molar-refractivity contribution < 1.29 is 4.79 Å². The number of H-pyrrole nitrogens is 1. The van der Waals surface area contributed by atoms with Crippen molar-refractivity contribution in [1.29, 1.82) is 0 Å². The normalized spacial score (nSPS) is 15.6. The van der Waals surface area contributed by atoms with Crippen molar-refractivity contribution >= 4 is 23.4 Å². The zero-order valence-corrected chi connectivity index (χ0v) is 14.0. The maximum absolute atomic E-state index is 12.6. The summed E-state index contributed by atoms with van der Waals surface area (Å²) in [6.45, 7) is 3.99. The van der Waals surface area contributed by atoms with Gasteiger partial charge in [-0.2, -0.15) is 0 Å². The average molecular weight is 332 g/mol. The van der Waals surface area contributed by atoms with Gasteiger partial charge in [-0.15, -0.1) is 5.10 Å². The lowest BCUT2D eigenvalue weighted by molar-refractivity contribution is -0.116. The van der Waals surface area contributed by atoms with E-state index in [1.165, 1.54) is 11.8 Å². The second-order valence-corrected chi connectivity index (χ2v) is 7.16. The molecule has 1 heterocycles. The number of nitrogens with one attached hydrogen (secondary N) is 2. The number of aromatic amines is 1. The molecule has 0 saturated heterocycles. The monoisotopic (exact) mass is 332 g/mol. The number of carbonyl (C=O) groups is 1. The van der Waals surface area contributed by atoms with E-state index in [9.17, 15) is 9.59 Å². The summed E-state index contributed by atoms with van der Waals surface area (Å²) in [7, 11) is 0. The summed E-state index contributed by atoms with van der Waals surface area (Å²) in [5, 5.41) is 9.80. The molecular weight excluding hydrogens is 312 g/mol. The number of benzene rings is 1. The van der Waals surface area contributed by atoms with Gasteiger partial charge in [-0.05, 0) is 30.9 Å². The maximum atomic E-state index is 12.6. The third-order valence-corrected chi connectivity index (χ3v) is 5.23. The molecule has 3 rings (SSSR count). The molecule has 1 atom stereocenters. The van der Waals surface area contributed by atoms with E-state index in [2.05, 4.69) is 15.5 Å². The fourth-order valence-corrected chi connectivity index (χ4v) is 3.48. The number of aromatic nitrogens is 3. The largest absolute Gasteiger partial charge is 0.344 e. The molecule has 6 nitrogen and oxygen atoms in total. The number of nitrogens with zero attached hydrogens (tertiary/aromatic N) is 2. The van der Waals surface area contributed by atoms with Crippen LogP contribution in [0.4, 0.5) is 5.69 Å². The minimum absolute atomic E-state index is 0.0750. The molecule has 2 N–H and O–H groups in total. The summed E-state index contributed by atoms with van der Waals surface area (Å²) in [4.78, 5) is 24.5. The van der Waals surface area contributed by atoms with Crippen LogP contribution < -0.4 is 11.0 Å². The first-order valence-electron chi connectivity index (χ1n) is 7.75. The summed E-state index contributed by atoms with van der Waals surface area (Å²) in [5.41, 5.74) is 0.575. The number of hydrogen-bond donors (Lipinski definition) is 2. The van der Waals surface area contributed by atoms with E-state index in [0.29, 0.717) is 5.16 Å². The van der Waals surface area contributed by atoms with Crippen LogP contribution >= 0.6 is 11.8 Å². The molecule has 1 saturated carbocycles. The number of para-hydroxylation sites is 1. The topological polar surface area (TPSA) is 79.8 Å². The third-order valence-electron chi connectivity index (χ3n) is 3.72. The van der Waals surface area contributed by atoms with E-state index in [1.54, 1.807) is 4.57 Å². The van der Waals surface area contributed by atoms with Gasteiger partial charge in [0.25, 0.3) is 0 Å². The Kier molecular flexibility index (Phi) is 4.56. The van der Waals surface area contributed by atoms with Gasteiger partial charge >= 0.3 is 5.69 Å². The van der Waals surface area contributed by atoms with Gasteiger partial charge in [0.15, 0.2) is 5.16 Å². The molecule has 1 aliphatic carbocycles. The van der Waals surface area contributed by atoms with Gasteiger partial charge in [-0.1, -0.05) is 43.8 Å². The molecule has 0 bridgehead atoms. The van der Waals surface area contributed by atoms with Crippen LogP contribution in [-0.4, -0.2) is 25.9 Å². The predicted molar refractivity (Wildman–Crippen MR) is 90.7 cm³/mol. The van der Waals surface area contributed by atoms with E-state index in [-0.39, 0.29) is 28.8 Å². The molecular formula is C16H20N4O2S. The van der Waals surface area contributed by atoms with Gasteiger partial charge in [0.1, 0.15) is 0 Å². The lowest BCUT2D eigenvalue weighted by atomic mass is 10.1. The summed E-state index contributed by atoms with van der Waals surface area (Å²) < 4.78 is 1.68. The lowest BCUT2D eigenvalue weighted by Crippen LogP contribution is -2.30. The molecule has 23 heavy (non-hydrogen) atoms. The van der Waals surface area contributed by atoms with Crippen LogP contribution in [0.25, 0.3) is 0 Å². The Balaban J connectivity index is 1.77. The SMILES string of the molecule is CC(C)C(Sc1n[nH]c(=O)n1C1CC1)C(=O)Nc1ccccc1. The maximum Gasteiger partial charge on any atom is 0.344 e. The molecule has 0 spiro atoms. The fourth-order valence-electron chi connectivity index (χ4n) is 2.37. The van der Waals surface area contributed by atoms with E-state index in [4.69, 9.17) is 0 Å². The first-order chi connectivity index (χ1) is 11.1. The van der Waals surface area contributed by atoms with Crippen LogP contribution in [0.5, 0.6) is 0 Å². The quantitative estimate of drug-likeness (QED) is 0.797. The third kappa shape index (κ3) is 3.67. The van der Waals surface area contributed by atoms with Crippen molar-refractivity contribution in [3.05, 3.63) is 40.8 Å². The number of rotatable bonds is 6. The molecule has 1 aromatic heterocycles. The summed E-state index contributed by atoms with van der Waals surface area (Å²) in [6, 6.07) is 9.61. The van der Waals surface area contributed by atoms with E-state index in [0.717, 1.165) is 18.5 Å². The first-order valence-corrected chi connectivity index (χ1v) is 8.63. The molecule has 0 aliphatic heterocycles. The highest BCUT2D eigenvalue weighted by Crippen LogP contribution is 2.37.